The van der Waals surface area contributed by atoms with E-state index < -0.39 is 0 Å². The second-order valence-corrected chi connectivity index (χ2v) is 6.80. The van der Waals surface area contributed by atoms with Crippen LogP contribution in [0.4, 0.5) is 0 Å². The van der Waals surface area contributed by atoms with Crippen molar-refractivity contribution < 1.29 is 0 Å². The number of nitrogens with zero attached hydrogens (tertiary/aromatic N) is 2. The van der Waals surface area contributed by atoms with Gasteiger partial charge in [0.1, 0.15) is 0 Å². The molecule has 5 heteroatoms. The standard InChI is InChI=1S/C20H22N4O/c1-20(22-14-15-8-5-6-13-21-15)12-7-11-17-18(20)19(25)24(23-17)16-9-3-2-4-10-16/h2-6,8-10,13,22-23H,7,11-12,14H2,1H3. The first kappa shape index (κ1) is 15.8. The minimum absolute atomic E-state index is 0.0388. The molecule has 1 aromatic carbocycles. The van der Waals surface area contributed by atoms with E-state index in [1.165, 1.54) is 0 Å². The van der Waals surface area contributed by atoms with E-state index in [4.69, 9.17) is 0 Å². The number of hydrogen-bond acceptors (Lipinski definition) is 3. The summed E-state index contributed by atoms with van der Waals surface area (Å²) >= 11 is 0. The summed E-state index contributed by atoms with van der Waals surface area (Å²) in [7, 11) is 0. The largest absolute Gasteiger partial charge is 0.302 e. The first-order valence-electron chi connectivity index (χ1n) is 8.72. The van der Waals surface area contributed by atoms with Gasteiger partial charge in [0, 0.05) is 24.0 Å². The molecule has 0 aliphatic heterocycles. The molecule has 2 aromatic heterocycles. The Labute approximate surface area is 146 Å². The second-order valence-electron chi connectivity index (χ2n) is 6.80. The lowest BCUT2D eigenvalue weighted by Gasteiger charge is -2.33. The zero-order chi connectivity index (χ0) is 17.3. The molecule has 0 amide bonds. The van der Waals surface area contributed by atoms with Crippen LogP contribution in [0.5, 0.6) is 0 Å². The van der Waals surface area contributed by atoms with E-state index in [1.807, 2.05) is 48.5 Å². The van der Waals surface area contributed by atoms with E-state index in [9.17, 15) is 4.79 Å². The van der Waals surface area contributed by atoms with Gasteiger partial charge >= 0.3 is 0 Å². The number of H-pyrrole nitrogens is 1. The average molecular weight is 334 g/mol. The Bertz CT molecular complexity index is 914. The molecule has 1 aliphatic rings. The third kappa shape index (κ3) is 2.91. The molecule has 0 saturated carbocycles. The summed E-state index contributed by atoms with van der Waals surface area (Å²) in [5.41, 5.74) is 3.44. The maximum atomic E-state index is 13.1. The van der Waals surface area contributed by atoms with Crippen molar-refractivity contribution in [2.75, 3.05) is 0 Å². The van der Waals surface area contributed by atoms with Crippen molar-refractivity contribution in [3.63, 3.8) is 0 Å². The van der Waals surface area contributed by atoms with E-state index in [0.29, 0.717) is 6.54 Å². The molecule has 2 N–H and O–H groups in total. The van der Waals surface area contributed by atoms with Gasteiger partial charge in [0.25, 0.3) is 5.56 Å². The summed E-state index contributed by atoms with van der Waals surface area (Å²) in [4.78, 5) is 17.5. The van der Waals surface area contributed by atoms with Gasteiger partial charge in [-0.2, -0.15) is 0 Å². The number of fused-ring (bicyclic) bond motifs is 1. The molecule has 128 valence electrons. The Kier molecular flexibility index (Phi) is 4.01. The normalized spacial score (nSPS) is 19.6. The lowest BCUT2D eigenvalue weighted by atomic mass is 9.81. The Morgan fingerprint density at radius 2 is 2.00 bits per heavy atom. The van der Waals surface area contributed by atoms with Crippen LogP contribution in [0.3, 0.4) is 0 Å². The van der Waals surface area contributed by atoms with Crippen LogP contribution in [0.25, 0.3) is 5.69 Å². The highest BCUT2D eigenvalue weighted by Gasteiger charge is 2.36. The summed E-state index contributed by atoms with van der Waals surface area (Å²) in [5.74, 6) is 0. The minimum atomic E-state index is -0.348. The molecule has 3 aromatic rings. The third-order valence-electron chi connectivity index (χ3n) is 5.02. The first-order chi connectivity index (χ1) is 12.2. The average Bonchev–Trinajstić information content (AvgIpc) is 3.00. The number of aromatic nitrogens is 3. The van der Waals surface area contributed by atoms with Gasteiger partial charge < -0.3 is 5.32 Å². The van der Waals surface area contributed by atoms with E-state index in [2.05, 4.69) is 22.3 Å². The summed E-state index contributed by atoms with van der Waals surface area (Å²) in [6.07, 6.45) is 4.69. The van der Waals surface area contributed by atoms with Crippen LogP contribution in [0.2, 0.25) is 0 Å². The van der Waals surface area contributed by atoms with Gasteiger partial charge in [-0.1, -0.05) is 24.3 Å². The maximum Gasteiger partial charge on any atom is 0.276 e. The van der Waals surface area contributed by atoms with Gasteiger partial charge in [-0.25, -0.2) is 4.68 Å². The highest BCUT2D eigenvalue weighted by Crippen LogP contribution is 2.32. The first-order valence-corrected chi connectivity index (χ1v) is 8.72. The molecular formula is C20H22N4O. The molecule has 4 rings (SSSR count). The SMILES string of the molecule is CC1(NCc2ccccn2)CCCc2[nH]n(-c3ccccc3)c(=O)c21. The molecule has 1 atom stereocenters. The molecule has 0 spiro atoms. The van der Waals surface area contributed by atoms with Crippen LogP contribution in [0, 0.1) is 0 Å². The van der Waals surface area contributed by atoms with Crippen LogP contribution in [-0.2, 0) is 18.5 Å². The van der Waals surface area contributed by atoms with Gasteiger partial charge in [0.15, 0.2) is 0 Å². The van der Waals surface area contributed by atoms with E-state index >= 15 is 0 Å². The quantitative estimate of drug-likeness (QED) is 0.771. The van der Waals surface area contributed by atoms with E-state index in [0.717, 1.165) is 41.9 Å². The van der Waals surface area contributed by atoms with Gasteiger partial charge in [0.05, 0.1) is 16.9 Å². The predicted octanol–water partition coefficient (Wildman–Crippen LogP) is 2.90. The minimum Gasteiger partial charge on any atom is -0.302 e. The number of rotatable bonds is 4. The molecule has 0 saturated heterocycles. The van der Waals surface area contributed by atoms with Crippen LogP contribution in [0.15, 0.2) is 59.5 Å². The lowest BCUT2D eigenvalue weighted by molar-refractivity contribution is 0.307. The Hall–Kier alpha value is -2.66. The van der Waals surface area contributed by atoms with Gasteiger partial charge in [0.2, 0.25) is 0 Å². The van der Waals surface area contributed by atoms with Gasteiger partial charge in [-0.15, -0.1) is 0 Å². The monoisotopic (exact) mass is 334 g/mol. The van der Waals surface area contributed by atoms with Crippen LogP contribution in [0.1, 0.15) is 36.7 Å². The summed E-state index contributed by atoms with van der Waals surface area (Å²) in [6, 6.07) is 15.6. The maximum absolute atomic E-state index is 13.1. The second kappa shape index (κ2) is 6.33. The molecular weight excluding hydrogens is 312 g/mol. The molecule has 2 heterocycles. The molecule has 1 aliphatic carbocycles. The van der Waals surface area contributed by atoms with Crippen LogP contribution < -0.4 is 10.9 Å². The van der Waals surface area contributed by atoms with Crippen molar-refractivity contribution in [1.82, 2.24) is 20.1 Å². The number of benzene rings is 1. The third-order valence-corrected chi connectivity index (χ3v) is 5.02. The zero-order valence-corrected chi connectivity index (χ0v) is 14.3. The van der Waals surface area contributed by atoms with Gasteiger partial charge in [-0.05, 0) is 50.5 Å². The molecule has 1 unspecified atom stereocenters. The fraction of sp³-hybridized carbons (Fsp3) is 0.300. The molecule has 25 heavy (non-hydrogen) atoms. The topological polar surface area (TPSA) is 62.7 Å². The summed E-state index contributed by atoms with van der Waals surface area (Å²) in [6.45, 7) is 2.77. The van der Waals surface area contributed by atoms with Crippen molar-refractivity contribution in [3.05, 3.63) is 82.0 Å². The zero-order valence-electron chi connectivity index (χ0n) is 14.3. The molecule has 0 radical (unpaired) electrons. The van der Waals surface area contributed by atoms with Crippen molar-refractivity contribution in [2.45, 2.75) is 38.3 Å². The Morgan fingerprint density at radius 1 is 1.20 bits per heavy atom. The molecule has 0 bridgehead atoms. The number of hydrogen-bond donors (Lipinski definition) is 2. The van der Waals surface area contributed by atoms with E-state index in [1.54, 1.807) is 10.9 Å². The fourth-order valence-corrected chi connectivity index (χ4v) is 3.70. The summed E-state index contributed by atoms with van der Waals surface area (Å²) in [5, 5.41) is 6.90. The number of nitrogens with one attached hydrogen (secondary N) is 2. The number of aryl methyl sites for hydroxylation is 1. The highest BCUT2D eigenvalue weighted by atomic mass is 16.1. The van der Waals surface area contributed by atoms with Gasteiger partial charge in [-0.3, -0.25) is 14.9 Å². The van der Waals surface area contributed by atoms with Crippen molar-refractivity contribution in [2.24, 2.45) is 0 Å². The predicted molar refractivity (Wildman–Crippen MR) is 97.8 cm³/mol. The smallest absolute Gasteiger partial charge is 0.276 e. The van der Waals surface area contributed by atoms with Crippen LogP contribution in [-0.4, -0.2) is 14.8 Å². The van der Waals surface area contributed by atoms with Crippen molar-refractivity contribution in [1.29, 1.82) is 0 Å². The molecule has 5 nitrogen and oxygen atoms in total. The summed E-state index contributed by atoms with van der Waals surface area (Å²) < 4.78 is 1.66. The number of para-hydroxylation sites is 1. The lowest BCUT2D eigenvalue weighted by Crippen LogP contribution is -2.45. The number of aromatic amines is 1. The van der Waals surface area contributed by atoms with E-state index in [-0.39, 0.29) is 11.1 Å². The van der Waals surface area contributed by atoms with Crippen molar-refractivity contribution in [3.8, 4) is 5.69 Å². The highest BCUT2D eigenvalue weighted by molar-refractivity contribution is 5.36. The Balaban J connectivity index is 1.69. The molecule has 0 fully saturated rings. The van der Waals surface area contributed by atoms with Crippen molar-refractivity contribution >= 4 is 0 Å². The number of pyridine rings is 1. The van der Waals surface area contributed by atoms with Crippen LogP contribution >= 0.6 is 0 Å². The Morgan fingerprint density at radius 3 is 2.76 bits per heavy atom. The fourth-order valence-electron chi connectivity index (χ4n) is 3.70.